The minimum absolute atomic E-state index is 0.108. The highest BCUT2D eigenvalue weighted by molar-refractivity contribution is 6.31. The molecule has 0 heterocycles. The van der Waals surface area contributed by atoms with Gasteiger partial charge in [0.2, 0.25) is 0 Å². The molecule has 0 spiro atoms. The van der Waals surface area contributed by atoms with Crippen molar-refractivity contribution in [3.63, 3.8) is 0 Å². The molecule has 0 fully saturated rings. The van der Waals surface area contributed by atoms with E-state index in [0.717, 1.165) is 12.1 Å². The number of carbonyl (C=O) groups is 1. The molecule has 0 radical (unpaired) electrons. The molecule has 0 saturated carbocycles. The Kier molecular flexibility index (Phi) is 4.43. The van der Waals surface area contributed by atoms with Crippen molar-refractivity contribution >= 4 is 28.9 Å². The van der Waals surface area contributed by atoms with Crippen molar-refractivity contribution in [2.24, 2.45) is 0 Å². The van der Waals surface area contributed by atoms with E-state index in [4.69, 9.17) is 11.6 Å². The summed E-state index contributed by atoms with van der Waals surface area (Å²) in [5.41, 5.74) is 0.792. The van der Waals surface area contributed by atoms with Gasteiger partial charge < -0.3 is 10.6 Å². The van der Waals surface area contributed by atoms with Crippen LogP contribution in [0.4, 0.5) is 20.2 Å². The maximum Gasteiger partial charge on any atom is 0.255 e. The number of nitrogens with one attached hydrogen (secondary N) is 2. The first-order valence-corrected chi connectivity index (χ1v) is 6.55. The highest BCUT2D eigenvalue weighted by Gasteiger charge is 2.15. The van der Waals surface area contributed by atoms with Gasteiger partial charge in [-0.1, -0.05) is 17.7 Å². The van der Waals surface area contributed by atoms with Crippen LogP contribution in [0, 0.1) is 18.6 Å². The van der Waals surface area contributed by atoms with E-state index in [1.165, 1.54) is 7.05 Å². The third-order valence-corrected chi connectivity index (χ3v) is 3.48. The van der Waals surface area contributed by atoms with Gasteiger partial charge in [0, 0.05) is 23.3 Å². The lowest BCUT2D eigenvalue weighted by Gasteiger charge is -2.11. The normalized spacial score (nSPS) is 10.3. The van der Waals surface area contributed by atoms with Gasteiger partial charge in [-0.05, 0) is 36.8 Å². The Morgan fingerprint density at radius 2 is 1.81 bits per heavy atom. The third kappa shape index (κ3) is 3.13. The Bertz CT molecular complexity index is 681. The van der Waals surface area contributed by atoms with Gasteiger partial charge in [-0.25, -0.2) is 8.78 Å². The van der Waals surface area contributed by atoms with Crippen LogP contribution >= 0.6 is 11.6 Å². The first kappa shape index (κ1) is 15.3. The zero-order valence-electron chi connectivity index (χ0n) is 11.4. The van der Waals surface area contributed by atoms with Gasteiger partial charge >= 0.3 is 0 Å². The van der Waals surface area contributed by atoms with Crippen LogP contribution in [0.3, 0.4) is 0 Å². The Morgan fingerprint density at radius 1 is 1.19 bits per heavy atom. The Balaban J connectivity index is 2.31. The van der Waals surface area contributed by atoms with Crippen LogP contribution in [-0.2, 0) is 0 Å². The molecule has 2 aromatic rings. The first-order chi connectivity index (χ1) is 9.93. The molecule has 0 aliphatic carbocycles. The minimum atomic E-state index is -0.828. The Labute approximate surface area is 125 Å². The lowest BCUT2D eigenvalue weighted by molar-refractivity contribution is 0.102. The van der Waals surface area contributed by atoms with Crippen LogP contribution in [0.25, 0.3) is 0 Å². The molecule has 0 aromatic heterocycles. The standard InChI is InChI=1S/C15H13ClF2N2O/c1-8-10(16)4-3-5-13(8)20-15(21)9-6-11(17)14(19-2)12(18)7-9/h3-7,19H,1-2H3,(H,20,21). The summed E-state index contributed by atoms with van der Waals surface area (Å²) in [5, 5.41) is 5.47. The van der Waals surface area contributed by atoms with E-state index in [1.807, 2.05) is 0 Å². The number of carbonyl (C=O) groups excluding carboxylic acids is 1. The summed E-state index contributed by atoms with van der Waals surface area (Å²) in [7, 11) is 1.40. The van der Waals surface area contributed by atoms with Crippen molar-refractivity contribution in [3.8, 4) is 0 Å². The number of amides is 1. The van der Waals surface area contributed by atoms with Crippen LogP contribution in [0.5, 0.6) is 0 Å². The second kappa shape index (κ2) is 6.10. The number of benzene rings is 2. The molecular formula is C15H13ClF2N2O. The van der Waals surface area contributed by atoms with Gasteiger partial charge in [0.05, 0.1) is 0 Å². The van der Waals surface area contributed by atoms with Gasteiger partial charge in [-0.15, -0.1) is 0 Å². The fourth-order valence-electron chi connectivity index (χ4n) is 1.88. The molecule has 2 rings (SSSR count). The summed E-state index contributed by atoms with van der Waals surface area (Å²) in [6.07, 6.45) is 0. The number of hydrogen-bond acceptors (Lipinski definition) is 2. The third-order valence-electron chi connectivity index (χ3n) is 3.07. The fourth-order valence-corrected chi connectivity index (χ4v) is 2.05. The monoisotopic (exact) mass is 310 g/mol. The molecule has 2 aromatic carbocycles. The molecule has 6 heteroatoms. The minimum Gasteiger partial charge on any atom is -0.383 e. The average Bonchev–Trinajstić information content (AvgIpc) is 2.43. The molecule has 3 nitrogen and oxygen atoms in total. The van der Waals surface area contributed by atoms with E-state index >= 15 is 0 Å². The van der Waals surface area contributed by atoms with E-state index < -0.39 is 17.5 Å². The maximum absolute atomic E-state index is 13.7. The van der Waals surface area contributed by atoms with E-state index in [9.17, 15) is 13.6 Å². The molecule has 0 atom stereocenters. The number of halogens is 3. The van der Waals surface area contributed by atoms with Crippen molar-refractivity contribution in [2.75, 3.05) is 17.7 Å². The second-order valence-electron chi connectivity index (χ2n) is 4.43. The molecule has 2 N–H and O–H groups in total. The topological polar surface area (TPSA) is 41.1 Å². The molecule has 0 bridgehead atoms. The number of hydrogen-bond donors (Lipinski definition) is 2. The first-order valence-electron chi connectivity index (χ1n) is 6.17. The van der Waals surface area contributed by atoms with Crippen LogP contribution in [0.15, 0.2) is 30.3 Å². The van der Waals surface area contributed by atoms with E-state index in [1.54, 1.807) is 25.1 Å². The SMILES string of the molecule is CNc1c(F)cc(C(=O)Nc2cccc(Cl)c2C)cc1F. The van der Waals surface area contributed by atoms with Gasteiger partial charge in [0.15, 0.2) is 0 Å². The van der Waals surface area contributed by atoms with E-state index in [-0.39, 0.29) is 11.3 Å². The second-order valence-corrected chi connectivity index (χ2v) is 4.84. The lowest BCUT2D eigenvalue weighted by Crippen LogP contribution is -2.14. The van der Waals surface area contributed by atoms with Crippen LogP contribution in [0.1, 0.15) is 15.9 Å². The Morgan fingerprint density at radius 3 is 2.38 bits per heavy atom. The zero-order chi connectivity index (χ0) is 15.6. The molecular weight excluding hydrogens is 298 g/mol. The fraction of sp³-hybridized carbons (Fsp3) is 0.133. The summed E-state index contributed by atoms with van der Waals surface area (Å²) in [6.45, 7) is 1.74. The largest absolute Gasteiger partial charge is 0.383 e. The van der Waals surface area contributed by atoms with Crippen molar-refractivity contribution in [1.29, 1.82) is 0 Å². The van der Waals surface area contributed by atoms with Crippen molar-refractivity contribution < 1.29 is 13.6 Å². The van der Waals surface area contributed by atoms with Crippen molar-refractivity contribution in [3.05, 3.63) is 58.1 Å². The summed E-state index contributed by atoms with van der Waals surface area (Å²) in [4.78, 5) is 12.1. The average molecular weight is 311 g/mol. The quantitative estimate of drug-likeness (QED) is 0.891. The predicted molar refractivity (Wildman–Crippen MR) is 80.0 cm³/mol. The highest BCUT2D eigenvalue weighted by atomic mass is 35.5. The lowest BCUT2D eigenvalue weighted by atomic mass is 10.1. The van der Waals surface area contributed by atoms with E-state index in [2.05, 4.69) is 10.6 Å². The maximum atomic E-state index is 13.7. The smallest absolute Gasteiger partial charge is 0.255 e. The molecule has 110 valence electrons. The molecule has 0 unspecified atom stereocenters. The number of anilines is 2. The summed E-state index contributed by atoms with van der Waals surface area (Å²) >= 11 is 5.95. The summed E-state index contributed by atoms with van der Waals surface area (Å²) < 4.78 is 27.3. The van der Waals surface area contributed by atoms with Crippen LogP contribution in [0.2, 0.25) is 5.02 Å². The molecule has 0 aliphatic rings. The summed E-state index contributed by atoms with van der Waals surface area (Å²) in [5.74, 6) is -2.27. The molecule has 0 saturated heterocycles. The van der Waals surface area contributed by atoms with E-state index in [0.29, 0.717) is 16.3 Å². The molecule has 0 aliphatic heterocycles. The van der Waals surface area contributed by atoms with Gasteiger partial charge in [-0.2, -0.15) is 0 Å². The Hall–Kier alpha value is -2.14. The van der Waals surface area contributed by atoms with Crippen molar-refractivity contribution in [1.82, 2.24) is 0 Å². The summed E-state index contributed by atoms with van der Waals surface area (Å²) in [6, 6.07) is 6.98. The van der Waals surface area contributed by atoms with Crippen LogP contribution in [-0.4, -0.2) is 13.0 Å². The van der Waals surface area contributed by atoms with Crippen LogP contribution < -0.4 is 10.6 Å². The van der Waals surface area contributed by atoms with Gasteiger partial charge in [0.25, 0.3) is 5.91 Å². The van der Waals surface area contributed by atoms with Crippen molar-refractivity contribution in [2.45, 2.75) is 6.92 Å². The van der Waals surface area contributed by atoms with Gasteiger partial charge in [-0.3, -0.25) is 4.79 Å². The predicted octanol–water partition coefficient (Wildman–Crippen LogP) is 4.22. The number of rotatable bonds is 3. The molecule has 21 heavy (non-hydrogen) atoms. The zero-order valence-corrected chi connectivity index (χ0v) is 12.2. The molecule has 1 amide bonds. The highest BCUT2D eigenvalue weighted by Crippen LogP contribution is 2.25. The van der Waals surface area contributed by atoms with Gasteiger partial charge in [0.1, 0.15) is 17.3 Å².